The lowest BCUT2D eigenvalue weighted by Crippen LogP contribution is -2.41. The van der Waals surface area contributed by atoms with Crippen molar-refractivity contribution < 1.29 is 18.8 Å². The van der Waals surface area contributed by atoms with E-state index in [1.54, 1.807) is 26.4 Å². The van der Waals surface area contributed by atoms with Gasteiger partial charge in [0.1, 0.15) is 5.75 Å². The van der Waals surface area contributed by atoms with Gasteiger partial charge in [0.15, 0.2) is 5.12 Å². The van der Waals surface area contributed by atoms with E-state index in [0.717, 1.165) is 11.0 Å². The van der Waals surface area contributed by atoms with E-state index >= 15 is 0 Å². The van der Waals surface area contributed by atoms with Crippen LogP contribution in [0.4, 0.5) is 0 Å². The van der Waals surface area contributed by atoms with Crippen molar-refractivity contribution in [2.24, 2.45) is 0 Å². The van der Waals surface area contributed by atoms with Gasteiger partial charge in [0, 0.05) is 18.9 Å². The maximum atomic E-state index is 11.4. The average Bonchev–Trinajstić information content (AvgIpc) is 2.71. The van der Waals surface area contributed by atoms with Crippen molar-refractivity contribution >= 4 is 30.1 Å². The third-order valence-corrected chi connectivity index (χ3v) is 5.20. The third kappa shape index (κ3) is 4.40. The lowest BCUT2D eigenvalue weighted by atomic mass is 9.78. The second-order valence-electron chi connectivity index (χ2n) is 6.75. The predicted molar refractivity (Wildman–Crippen MR) is 98.0 cm³/mol. The number of aromatic nitrogens is 1. The highest BCUT2D eigenvalue weighted by Gasteiger charge is 2.52. The average molecular weight is 349 g/mol. The molecule has 1 aromatic rings. The Labute approximate surface area is 148 Å². The summed E-state index contributed by atoms with van der Waals surface area (Å²) in [5.74, 6) is 1.18. The van der Waals surface area contributed by atoms with Crippen molar-refractivity contribution in [3.05, 3.63) is 29.5 Å². The van der Waals surface area contributed by atoms with Crippen LogP contribution in [0.25, 0.3) is 6.08 Å². The molecule has 0 aliphatic carbocycles. The molecule has 5 nitrogen and oxygen atoms in total. The van der Waals surface area contributed by atoms with Crippen LogP contribution in [0.15, 0.2) is 23.9 Å². The zero-order chi connectivity index (χ0) is 18.0. The molecule has 2 heterocycles. The molecule has 1 fully saturated rings. The van der Waals surface area contributed by atoms with E-state index in [-0.39, 0.29) is 5.12 Å². The van der Waals surface area contributed by atoms with Gasteiger partial charge in [0.25, 0.3) is 0 Å². The van der Waals surface area contributed by atoms with Crippen molar-refractivity contribution in [3.8, 4) is 5.75 Å². The first kappa shape index (κ1) is 19.0. The van der Waals surface area contributed by atoms with Crippen LogP contribution in [0, 0.1) is 0 Å². The van der Waals surface area contributed by atoms with E-state index in [2.05, 4.69) is 4.98 Å². The number of pyridine rings is 1. The first-order chi connectivity index (χ1) is 11.1. The summed E-state index contributed by atoms with van der Waals surface area (Å²) in [5.41, 5.74) is 0.918. The highest BCUT2D eigenvalue weighted by atomic mass is 32.2. The van der Waals surface area contributed by atoms with Crippen LogP contribution in [0.3, 0.4) is 0 Å². The van der Waals surface area contributed by atoms with E-state index in [1.807, 2.05) is 39.8 Å². The van der Waals surface area contributed by atoms with Gasteiger partial charge >= 0.3 is 7.12 Å². The van der Waals surface area contributed by atoms with Crippen LogP contribution < -0.4 is 4.74 Å². The molecule has 0 unspecified atom stereocenters. The van der Waals surface area contributed by atoms with E-state index in [1.165, 1.54) is 11.8 Å². The molecular weight excluding hydrogens is 325 g/mol. The number of carbonyl (C=O) groups excluding carboxylic acids is 1. The second kappa shape index (κ2) is 7.29. The molecular formula is C17H24BNO4S. The van der Waals surface area contributed by atoms with Gasteiger partial charge in [-0.05, 0) is 44.8 Å². The molecule has 0 bridgehead atoms. The van der Waals surface area contributed by atoms with Gasteiger partial charge in [-0.25, -0.2) is 0 Å². The summed E-state index contributed by atoms with van der Waals surface area (Å²) < 4.78 is 17.5. The highest BCUT2D eigenvalue weighted by molar-refractivity contribution is 8.13. The number of rotatable bonds is 5. The minimum absolute atomic E-state index is 0.0567. The largest absolute Gasteiger partial charge is 0.495 e. The first-order valence-electron chi connectivity index (χ1n) is 7.83. The number of ether oxygens (including phenoxy) is 1. The van der Waals surface area contributed by atoms with Gasteiger partial charge in [0.05, 0.1) is 24.5 Å². The molecule has 0 amide bonds. The maximum absolute atomic E-state index is 11.4. The Kier molecular flexibility index (Phi) is 5.78. The molecule has 130 valence electrons. The highest BCUT2D eigenvalue weighted by Crippen LogP contribution is 2.39. The molecule has 1 saturated heterocycles. The van der Waals surface area contributed by atoms with Crippen molar-refractivity contribution in [2.45, 2.75) is 45.8 Å². The van der Waals surface area contributed by atoms with E-state index in [4.69, 9.17) is 14.0 Å². The maximum Gasteiger partial charge on any atom is 0.491 e. The molecule has 0 N–H and O–H groups in total. The Morgan fingerprint density at radius 2 is 1.92 bits per heavy atom. The summed E-state index contributed by atoms with van der Waals surface area (Å²) in [6, 6.07) is 1.89. The fourth-order valence-corrected chi connectivity index (χ4v) is 2.79. The molecule has 0 spiro atoms. The Bertz CT molecular complexity index is 629. The minimum atomic E-state index is -0.493. The van der Waals surface area contributed by atoms with Gasteiger partial charge in [-0.3, -0.25) is 9.78 Å². The Hall–Kier alpha value is -1.31. The van der Waals surface area contributed by atoms with E-state index < -0.39 is 18.3 Å². The summed E-state index contributed by atoms with van der Waals surface area (Å²) in [6.45, 7) is 9.59. The van der Waals surface area contributed by atoms with Gasteiger partial charge in [0.2, 0.25) is 0 Å². The first-order valence-corrected chi connectivity index (χ1v) is 8.82. The summed E-state index contributed by atoms with van der Waals surface area (Å²) in [7, 11) is 1.11. The SMILES string of the molecule is COc1cncc(C=C(CSC(C)=O)B2OC(C)(C)C(C)(C)O2)c1. The molecule has 0 atom stereocenters. The zero-order valence-electron chi connectivity index (χ0n) is 15.1. The Balaban J connectivity index is 2.31. The molecule has 1 aromatic heterocycles. The van der Waals surface area contributed by atoms with Crippen LogP contribution >= 0.6 is 11.8 Å². The number of carbonyl (C=O) groups is 1. The molecule has 0 radical (unpaired) electrons. The fourth-order valence-electron chi connectivity index (χ4n) is 2.20. The Morgan fingerprint density at radius 3 is 2.46 bits per heavy atom. The van der Waals surface area contributed by atoms with Crippen LogP contribution in [-0.2, 0) is 14.1 Å². The lowest BCUT2D eigenvalue weighted by Gasteiger charge is -2.32. The van der Waals surface area contributed by atoms with E-state index in [0.29, 0.717) is 11.5 Å². The summed E-state index contributed by atoms with van der Waals surface area (Å²) in [4.78, 5) is 15.6. The quantitative estimate of drug-likeness (QED) is 0.760. The number of nitrogens with zero attached hydrogens (tertiary/aromatic N) is 1. The molecule has 7 heteroatoms. The lowest BCUT2D eigenvalue weighted by molar-refractivity contribution is -0.109. The second-order valence-corrected chi connectivity index (χ2v) is 7.90. The Morgan fingerprint density at radius 1 is 1.29 bits per heavy atom. The topological polar surface area (TPSA) is 57.7 Å². The van der Waals surface area contributed by atoms with E-state index in [9.17, 15) is 4.79 Å². The third-order valence-electron chi connectivity index (χ3n) is 4.32. The van der Waals surface area contributed by atoms with Crippen molar-refractivity contribution in [2.75, 3.05) is 12.9 Å². The number of hydrogen-bond donors (Lipinski definition) is 0. The van der Waals surface area contributed by atoms with Crippen molar-refractivity contribution in [1.29, 1.82) is 0 Å². The monoisotopic (exact) mass is 349 g/mol. The van der Waals surface area contributed by atoms with Crippen LogP contribution in [0.1, 0.15) is 40.2 Å². The normalized spacial score (nSPS) is 19.4. The number of thioether (sulfide) groups is 1. The van der Waals surface area contributed by atoms with Gasteiger partial charge in [-0.15, -0.1) is 0 Å². The van der Waals surface area contributed by atoms with Gasteiger partial charge < -0.3 is 14.0 Å². The van der Waals surface area contributed by atoms with Crippen molar-refractivity contribution in [1.82, 2.24) is 4.98 Å². The minimum Gasteiger partial charge on any atom is -0.495 e. The fraction of sp³-hybridized carbons (Fsp3) is 0.529. The molecule has 2 rings (SSSR count). The zero-order valence-corrected chi connectivity index (χ0v) is 15.9. The molecule has 0 aromatic carbocycles. The molecule has 1 aliphatic heterocycles. The standard InChI is InChI=1S/C17H24BNO4S/c1-12(20)24-11-14(7-13-8-15(21-6)10-19-9-13)18-22-16(2,3)17(4,5)23-18/h7-10H,11H2,1-6H3. The van der Waals surface area contributed by atoms with Gasteiger partial charge in [-0.2, -0.15) is 0 Å². The molecule has 0 saturated carbocycles. The van der Waals surface area contributed by atoms with Gasteiger partial charge in [-0.1, -0.05) is 17.8 Å². The number of hydrogen-bond acceptors (Lipinski definition) is 6. The molecule has 1 aliphatic rings. The summed E-state index contributed by atoms with van der Waals surface area (Å²) >= 11 is 1.24. The van der Waals surface area contributed by atoms with Crippen LogP contribution in [-0.4, -0.2) is 41.3 Å². The predicted octanol–water partition coefficient (Wildman–Crippen LogP) is 3.38. The molecule has 24 heavy (non-hydrogen) atoms. The van der Waals surface area contributed by atoms with Crippen molar-refractivity contribution in [3.63, 3.8) is 0 Å². The van der Waals surface area contributed by atoms with Crippen LogP contribution in [0.2, 0.25) is 0 Å². The smallest absolute Gasteiger partial charge is 0.491 e. The van der Waals surface area contributed by atoms with Crippen LogP contribution in [0.5, 0.6) is 5.75 Å². The summed E-state index contributed by atoms with van der Waals surface area (Å²) in [5, 5.41) is 0.0567. The number of methoxy groups -OCH3 is 1. The summed E-state index contributed by atoms with van der Waals surface area (Å²) in [6.07, 6.45) is 5.34.